The molecule has 3 aromatic rings. The average molecular weight is 487 g/mol. The van der Waals surface area contributed by atoms with Crippen molar-refractivity contribution >= 4 is 38.9 Å². The number of hydrogen-bond donors (Lipinski definition) is 2. The van der Waals surface area contributed by atoms with Crippen molar-refractivity contribution in [1.82, 2.24) is 0 Å². The van der Waals surface area contributed by atoms with Gasteiger partial charge in [0.25, 0.3) is 15.9 Å². The second-order valence-electron chi connectivity index (χ2n) is 8.05. The van der Waals surface area contributed by atoms with E-state index in [9.17, 15) is 13.2 Å². The molecule has 0 heterocycles. The van der Waals surface area contributed by atoms with Crippen molar-refractivity contribution in [1.29, 1.82) is 0 Å². The van der Waals surface area contributed by atoms with Gasteiger partial charge in [0.15, 0.2) is 6.10 Å². The molecule has 0 unspecified atom stereocenters. The molecule has 1 atom stereocenters. The van der Waals surface area contributed by atoms with Gasteiger partial charge in [-0.3, -0.25) is 9.52 Å². The summed E-state index contributed by atoms with van der Waals surface area (Å²) in [4.78, 5) is 12.7. The predicted molar refractivity (Wildman–Crippen MR) is 133 cm³/mol. The molecule has 2 N–H and O–H groups in total. The van der Waals surface area contributed by atoms with Crippen molar-refractivity contribution < 1.29 is 17.9 Å². The molecule has 0 spiro atoms. The normalized spacial score (nSPS) is 12.2. The lowest BCUT2D eigenvalue weighted by Crippen LogP contribution is -2.30. The number of benzene rings is 3. The van der Waals surface area contributed by atoms with Crippen LogP contribution in [0.15, 0.2) is 59.5 Å². The van der Waals surface area contributed by atoms with Gasteiger partial charge in [0.2, 0.25) is 0 Å². The third kappa shape index (κ3) is 6.06. The minimum Gasteiger partial charge on any atom is -0.481 e. The molecule has 174 valence electrons. The van der Waals surface area contributed by atoms with Crippen LogP contribution < -0.4 is 14.8 Å². The Morgan fingerprint density at radius 3 is 2.18 bits per heavy atom. The number of carbonyl (C=O) groups excluding carboxylic acids is 1. The van der Waals surface area contributed by atoms with Crippen LogP contribution in [0.5, 0.6) is 5.75 Å². The van der Waals surface area contributed by atoms with Crippen LogP contribution in [-0.2, 0) is 14.8 Å². The van der Waals surface area contributed by atoms with E-state index >= 15 is 0 Å². The smallest absolute Gasteiger partial charge is 0.265 e. The third-order valence-electron chi connectivity index (χ3n) is 5.29. The molecule has 0 aliphatic rings. The van der Waals surface area contributed by atoms with Gasteiger partial charge >= 0.3 is 0 Å². The Hall–Kier alpha value is -3.03. The number of hydrogen-bond acceptors (Lipinski definition) is 4. The van der Waals surface area contributed by atoms with Crippen molar-refractivity contribution in [3.05, 3.63) is 81.9 Å². The summed E-state index contributed by atoms with van der Waals surface area (Å²) < 4.78 is 33.7. The maximum atomic E-state index is 12.7. The fourth-order valence-corrected chi connectivity index (χ4v) is 4.43. The fraction of sp³-hybridized carbons (Fsp3) is 0.240. The molecular weight excluding hydrogens is 460 g/mol. The largest absolute Gasteiger partial charge is 0.481 e. The van der Waals surface area contributed by atoms with Crippen LogP contribution >= 0.6 is 11.6 Å². The molecule has 8 heteroatoms. The highest BCUT2D eigenvalue weighted by Gasteiger charge is 2.18. The summed E-state index contributed by atoms with van der Waals surface area (Å²) in [5.41, 5.74) is 4.82. The number of anilines is 2. The first kappa shape index (κ1) is 24.6. The predicted octanol–water partition coefficient (Wildman–Crippen LogP) is 5.78. The standard InChI is InChI=1S/C25H27ClN2O4S/c1-15-12-17(3)18(4)24(13-15)32-19(5)25(29)27-20-8-10-22(11-9-20)33(30,31)28-21-7-6-16(2)23(26)14-21/h6-14,19,28H,1-5H3,(H,27,29)/t19-/m1/s1. The minimum absolute atomic E-state index is 0.0624. The SMILES string of the molecule is Cc1cc(C)c(C)c(O[C@H](C)C(=O)Nc2ccc(S(=O)(=O)Nc3ccc(C)c(Cl)c3)cc2)c1. The molecule has 3 rings (SSSR count). The quantitative estimate of drug-likeness (QED) is 0.443. The van der Waals surface area contributed by atoms with Crippen LogP contribution in [0.2, 0.25) is 5.02 Å². The van der Waals surface area contributed by atoms with Gasteiger partial charge in [-0.15, -0.1) is 0 Å². The van der Waals surface area contributed by atoms with Gasteiger partial charge in [0.05, 0.1) is 10.6 Å². The van der Waals surface area contributed by atoms with Gasteiger partial charge in [-0.2, -0.15) is 0 Å². The van der Waals surface area contributed by atoms with E-state index in [2.05, 4.69) is 16.1 Å². The zero-order valence-corrected chi connectivity index (χ0v) is 20.8. The summed E-state index contributed by atoms with van der Waals surface area (Å²) in [6.07, 6.45) is -0.735. The summed E-state index contributed by atoms with van der Waals surface area (Å²) in [5.74, 6) is 0.329. The van der Waals surface area contributed by atoms with Crippen LogP contribution in [0.25, 0.3) is 0 Å². The van der Waals surface area contributed by atoms with Crippen LogP contribution in [0.4, 0.5) is 11.4 Å². The number of amides is 1. The highest BCUT2D eigenvalue weighted by Crippen LogP contribution is 2.25. The van der Waals surface area contributed by atoms with Crippen molar-refractivity contribution in [3.8, 4) is 5.75 Å². The van der Waals surface area contributed by atoms with E-state index in [1.54, 1.807) is 25.1 Å². The van der Waals surface area contributed by atoms with Crippen LogP contribution in [0.3, 0.4) is 0 Å². The lowest BCUT2D eigenvalue weighted by atomic mass is 10.1. The molecule has 0 bridgehead atoms. The second kappa shape index (κ2) is 9.85. The number of ether oxygens (including phenoxy) is 1. The lowest BCUT2D eigenvalue weighted by molar-refractivity contribution is -0.122. The van der Waals surface area contributed by atoms with Gasteiger partial charge in [-0.05, 0) is 99.3 Å². The zero-order valence-electron chi connectivity index (χ0n) is 19.2. The van der Waals surface area contributed by atoms with Gasteiger partial charge in [-0.25, -0.2) is 8.42 Å². The second-order valence-corrected chi connectivity index (χ2v) is 10.1. The fourth-order valence-electron chi connectivity index (χ4n) is 3.20. The van der Waals surface area contributed by atoms with Crippen LogP contribution in [0.1, 0.15) is 29.2 Å². The van der Waals surface area contributed by atoms with Crippen molar-refractivity contribution in [2.24, 2.45) is 0 Å². The van der Waals surface area contributed by atoms with E-state index in [0.29, 0.717) is 22.1 Å². The molecule has 0 radical (unpaired) electrons. The molecule has 33 heavy (non-hydrogen) atoms. The van der Waals surface area contributed by atoms with E-state index in [0.717, 1.165) is 22.3 Å². The van der Waals surface area contributed by atoms with Gasteiger partial charge in [-0.1, -0.05) is 23.7 Å². The van der Waals surface area contributed by atoms with Crippen LogP contribution in [0, 0.1) is 27.7 Å². The first-order valence-electron chi connectivity index (χ1n) is 10.4. The molecule has 0 fully saturated rings. The Labute approximate surface area is 200 Å². The summed E-state index contributed by atoms with van der Waals surface area (Å²) in [6.45, 7) is 9.43. The summed E-state index contributed by atoms with van der Waals surface area (Å²) in [7, 11) is -3.80. The molecule has 0 saturated heterocycles. The number of carbonyl (C=O) groups is 1. The molecule has 6 nitrogen and oxygen atoms in total. The van der Waals surface area contributed by atoms with Crippen molar-refractivity contribution in [2.75, 3.05) is 10.0 Å². The number of rotatable bonds is 7. The van der Waals surface area contributed by atoms with Crippen LogP contribution in [-0.4, -0.2) is 20.4 Å². The first-order chi connectivity index (χ1) is 15.5. The number of aryl methyl sites for hydroxylation is 3. The lowest BCUT2D eigenvalue weighted by Gasteiger charge is -2.18. The van der Waals surface area contributed by atoms with Gasteiger partial charge in [0, 0.05) is 10.7 Å². The molecule has 3 aromatic carbocycles. The number of halogens is 1. The van der Waals surface area contributed by atoms with E-state index in [1.807, 2.05) is 33.8 Å². The monoisotopic (exact) mass is 486 g/mol. The van der Waals surface area contributed by atoms with E-state index in [1.165, 1.54) is 24.3 Å². The number of nitrogens with one attached hydrogen (secondary N) is 2. The maximum Gasteiger partial charge on any atom is 0.265 e. The molecule has 0 aliphatic carbocycles. The molecule has 1 amide bonds. The first-order valence-corrected chi connectivity index (χ1v) is 12.3. The van der Waals surface area contributed by atoms with Gasteiger partial charge < -0.3 is 10.1 Å². The molecule has 0 aromatic heterocycles. The molecule has 0 saturated carbocycles. The van der Waals surface area contributed by atoms with Crippen molar-refractivity contribution in [3.63, 3.8) is 0 Å². The number of sulfonamides is 1. The Morgan fingerprint density at radius 2 is 1.55 bits per heavy atom. The topological polar surface area (TPSA) is 84.5 Å². The van der Waals surface area contributed by atoms with E-state index < -0.39 is 16.1 Å². The highest BCUT2D eigenvalue weighted by molar-refractivity contribution is 7.92. The Morgan fingerprint density at radius 1 is 0.909 bits per heavy atom. The average Bonchev–Trinajstić information content (AvgIpc) is 2.74. The molecule has 0 aliphatic heterocycles. The third-order valence-corrected chi connectivity index (χ3v) is 7.10. The summed E-state index contributed by atoms with van der Waals surface area (Å²) >= 11 is 6.07. The minimum atomic E-state index is -3.80. The maximum absolute atomic E-state index is 12.7. The van der Waals surface area contributed by atoms with E-state index in [-0.39, 0.29) is 10.8 Å². The summed E-state index contributed by atoms with van der Waals surface area (Å²) in [6, 6.07) is 14.8. The Bertz CT molecular complexity index is 1290. The highest BCUT2D eigenvalue weighted by atomic mass is 35.5. The Kier molecular flexibility index (Phi) is 7.34. The molecular formula is C25H27ClN2O4S. The van der Waals surface area contributed by atoms with E-state index in [4.69, 9.17) is 16.3 Å². The van der Waals surface area contributed by atoms with Crippen molar-refractivity contribution in [2.45, 2.75) is 45.6 Å². The van der Waals surface area contributed by atoms with Gasteiger partial charge in [0.1, 0.15) is 5.75 Å². The Balaban J connectivity index is 1.67. The zero-order chi connectivity index (χ0) is 24.3. The summed E-state index contributed by atoms with van der Waals surface area (Å²) in [5, 5.41) is 3.23.